The van der Waals surface area contributed by atoms with E-state index in [0.717, 1.165) is 22.3 Å². The second-order valence-electron chi connectivity index (χ2n) is 4.07. The molecule has 0 aliphatic heterocycles. The van der Waals surface area contributed by atoms with Gasteiger partial charge in [-0.05, 0) is 24.3 Å². The van der Waals surface area contributed by atoms with Crippen molar-refractivity contribution < 1.29 is 0 Å². The van der Waals surface area contributed by atoms with Gasteiger partial charge in [-0.15, -0.1) is 10.2 Å². The van der Waals surface area contributed by atoms with Crippen molar-refractivity contribution in [3.63, 3.8) is 0 Å². The molecule has 0 aliphatic rings. The minimum atomic E-state index is 0.854. The lowest BCUT2D eigenvalue weighted by Gasteiger charge is -2.05. The standard InChI is InChI=1S/C13H9N5/c1-4-11(13-16-14-9-17(13)7-1)10-3-2-8-18-12(10)5-6-15-18/h1-9H. The number of rotatable bonds is 1. The van der Waals surface area contributed by atoms with Gasteiger partial charge in [0.05, 0.1) is 5.52 Å². The minimum Gasteiger partial charge on any atom is -0.289 e. The molecule has 0 spiro atoms. The van der Waals surface area contributed by atoms with E-state index in [0.29, 0.717) is 0 Å². The quantitative estimate of drug-likeness (QED) is 0.507. The highest BCUT2D eigenvalue weighted by Crippen LogP contribution is 2.26. The van der Waals surface area contributed by atoms with Crippen LogP contribution in [0.25, 0.3) is 22.3 Å². The normalized spacial score (nSPS) is 11.3. The summed E-state index contributed by atoms with van der Waals surface area (Å²) in [6.07, 6.45) is 7.37. The predicted molar refractivity (Wildman–Crippen MR) is 67.2 cm³/mol. The van der Waals surface area contributed by atoms with E-state index in [4.69, 9.17) is 0 Å². The van der Waals surface area contributed by atoms with E-state index in [1.807, 2.05) is 45.6 Å². The number of nitrogens with zero attached hydrogens (tertiary/aromatic N) is 5. The van der Waals surface area contributed by atoms with Gasteiger partial charge in [0.15, 0.2) is 5.65 Å². The summed E-state index contributed by atoms with van der Waals surface area (Å²) in [6.45, 7) is 0. The molecule has 0 aliphatic carbocycles. The number of pyridine rings is 2. The van der Waals surface area contributed by atoms with Crippen molar-refractivity contribution in [1.82, 2.24) is 24.2 Å². The Kier molecular flexibility index (Phi) is 1.77. The minimum absolute atomic E-state index is 0.854. The first-order chi connectivity index (χ1) is 8.93. The Morgan fingerprint density at radius 3 is 2.83 bits per heavy atom. The molecule has 0 aromatic carbocycles. The molecule has 0 unspecified atom stereocenters. The molecule has 4 heterocycles. The predicted octanol–water partition coefficient (Wildman–Crippen LogP) is 2.04. The van der Waals surface area contributed by atoms with Crippen LogP contribution in [-0.4, -0.2) is 24.2 Å². The highest BCUT2D eigenvalue weighted by Gasteiger charge is 2.09. The number of fused-ring (bicyclic) bond motifs is 2. The molecule has 0 amide bonds. The van der Waals surface area contributed by atoms with Gasteiger partial charge >= 0.3 is 0 Å². The Hall–Kier alpha value is -2.69. The maximum absolute atomic E-state index is 4.25. The second kappa shape index (κ2) is 3.40. The van der Waals surface area contributed by atoms with Gasteiger partial charge in [0, 0.05) is 29.7 Å². The zero-order valence-corrected chi connectivity index (χ0v) is 9.43. The van der Waals surface area contributed by atoms with Crippen molar-refractivity contribution in [2.45, 2.75) is 0 Å². The molecule has 0 fully saturated rings. The fraction of sp³-hybridized carbons (Fsp3) is 0. The van der Waals surface area contributed by atoms with Gasteiger partial charge < -0.3 is 0 Å². The largest absolute Gasteiger partial charge is 0.289 e. The van der Waals surface area contributed by atoms with Crippen LogP contribution in [0.5, 0.6) is 0 Å². The number of hydrogen-bond acceptors (Lipinski definition) is 3. The van der Waals surface area contributed by atoms with Gasteiger partial charge in [0.2, 0.25) is 0 Å². The van der Waals surface area contributed by atoms with Crippen molar-refractivity contribution in [2.24, 2.45) is 0 Å². The van der Waals surface area contributed by atoms with Gasteiger partial charge in [-0.1, -0.05) is 6.07 Å². The molecule has 0 saturated heterocycles. The maximum Gasteiger partial charge on any atom is 0.168 e. The lowest BCUT2D eigenvalue weighted by Crippen LogP contribution is -1.91. The summed E-state index contributed by atoms with van der Waals surface area (Å²) in [4.78, 5) is 0. The third-order valence-electron chi connectivity index (χ3n) is 3.05. The first-order valence-corrected chi connectivity index (χ1v) is 5.64. The van der Waals surface area contributed by atoms with Crippen molar-refractivity contribution in [3.8, 4) is 11.1 Å². The molecular formula is C13H9N5. The SMILES string of the molecule is c1cc(-c2cccn3nccc23)c2nncn2c1. The molecule has 0 radical (unpaired) electrons. The Balaban J connectivity index is 2.13. The van der Waals surface area contributed by atoms with Gasteiger partial charge in [-0.25, -0.2) is 4.52 Å². The van der Waals surface area contributed by atoms with Crippen molar-refractivity contribution in [3.05, 3.63) is 55.2 Å². The van der Waals surface area contributed by atoms with Gasteiger partial charge in [-0.2, -0.15) is 5.10 Å². The van der Waals surface area contributed by atoms with Crippen LogP contribution in [0.4, 0.5) is 0 Å². The number of hydrogen-bond donors (Lipinski definition) is 0. The molecule has 5 heteroatoms. The van der Waals surface area contributed by atoms with Crippen LogP contribution in [0.15, 0.2) is 55.2 Å². The molecular weight excluding hydrogens is 226 g/mol. The molecule has 4 aromatic heterocycles. The van der Waals surface area contributed by atoms with E-state index in [1.165, 1.54) is 0 Å². The molecule has 86 valence electrons. The second-order valence-corrected chi connectivity index (χ2v) is 4.07. The van der Waals surface area contributed by atoms with Crippen LogP contribution in [0.3, 0.4) is 0 Å². The molecule has 4 aromatic rings. The summed E-state index contributed by atoms with van der Waals surface area (Å²) < 4.78 is 3.77. The van der Waals surface area contributed by atoms with Crippen molar-refractivity contribution in [1.29, 1.82) is 0 Å². The Labute approximate surface area is 102 Å². The molecule has 5 nitrogen and oxygen atoms in total. The van der Waals surface area contributed by atoms with E-state index in [1.54, 1.807) is 12.5 Å². The Morgan fingerprint density at radius 1 is 0.944 bits per heavy atom. The van der Waals surface area contributed by atoms with E-state index in [9.17, 15) is 0 Å². The van der Waals surface area contributed by atoms with Gasteiger partial charge in [0.25, 0.3) is 0 Å². The molecule has 4 rings (SSSR count). The molecule has 0 bridgehead atoms. The number of aromatic nitrogens is 5. The van der Waals surface area contributed by atoms with Crippen LogP contribution in [0.1, 0.15) is 0 Å². The van der Waals surface area contributed by atoms with Gasteiger partial charge in [-0.3, -0.25) is 4.40 Å². The molecule has 0 saturated carbocycles. The highest BCUT2D eigenvalue weighted by atomic mass is 15.2. The van der Waals surface area contributed by atoms with Crippen LogP contribution in [-0.2, 0) is 0 Å². The maximum atomic E-state index is 4.25. The van der Waals surface area contributed by atoms with Crippen LogP contribution < -0.4 is 0 Å². The summed E-state index contributed by atoms with van der Waals surface area (Å²) >= 11 is 0. The lowest BCUT2D eigenvalue weighted by atomic mass is 10.1. The third kappa shape index (κ3) is 1.18. The summed E-state index contributed by atoms with van der Waals surface area (Å²) in [7, 11) is 0. The zero-order chi connectivity index (χ0) is 11.9. The third-order valence-corrected chi connectivity index (χ3v) is 3.05. The summed E-state index contributed by atoms with van der Waals surface area (Å²) in [5, 5.41) is 12.4. The van der Waals surface area contributed by atoms with E-state index in [2.05, 4.69) is 21.4 Å². The van der Waals surface area contributed by atoms with Crippen LogP contribution in [0.2, 0.25) is 0 Å². The fourth-order valence-corrected chi connectivity index (χ4v) is 2.24. The van der Waals surface area contributed by atoms with Crippen LogP contribution in [0, 0.1) is 0 Å². The molecule has 0 atom stereocenters. The van der Waals surface area contributed by atoms with E-state index in [-0.39, 0.29) is 0 Å². The highest BCUT2D eigenvalue weighted by molar-refractivity contribution is 5.87. The fourth-order valence-electron chi connectivity index (χ4n) is 2.24. The van der Waals surface area contributed by atoms with Crippen molar-refractivity contribution in [2.75, 3.05) is 0 Å². The summed E-state index contributed by atoms with van der Waals surface area (Å²) in [5.74, 6) is 0. The average molecular weight is 235 g/mol. The topological polar surface area (TPSA) is 47.5 Å². The monoisotopic (exact) mass is 235 g/mol. The summed E-state index contributed by atoms with van der Waals surface area (Å²) in [5.41, 5.74) is 4.08. The zero-order valence-electron chi connectivity index (χ0n) is 9.43. The summed E-state index contributed by atoms with van der Waals surface area (Å²) in [6, 6.07) is 10.1. The van der Waals surface area contributed by atoms with Crippen molar-refractivity contribution >= 4 is 11.2 Å². The first-order valence-electron chi connectivity index (χ1n) is 5.64. The Bertz CT molecular complexity index is 770. The first kappa shape index (κ1) is 9.35. The van der Waals surface area contributed by atoms with Gasteiger partial charge in [0.1, 0.15) is 6.33 Å². The Morgan fingerprint density at radius 2 is 1.83 bits per heavy atom. The average Bonchev–Trinajstić information content (AvgIpc) is 3.06. The van der Waals surface area contributed by atoms with E-state index >= 15 is 0 Å². The molecule has 18 heavy (non-hydrogen) atoms. The lowest BCUT2D eigenvalue weighted by molar-refractivity contribution is 0.962. The van der Waals surface area contributed by atoms with Crippen LogP contribution >= 0.6 is 0 Å². The van der Waals surface area contributed by atoms with E-state index < -0.39 is 0 Å². The smallest absolute Gasteiger partial charge is 0.168 e. The molecule has 0 N–H and O–H groups in total.